The van der Waals surface area contributed by atoms with Gasteiger partial charge in [0.1, 0.15) is 0 Å². The Morgan fingerprint density at radius 1 is 0.489 bits per heavy atom. The number of aromatic nitrogens is 3. The molecule has 0 aliphatic carbocycles. The topological polar surface area (TPSA) is 505 Å². The van der Waals surface area contributed by atoms with Gasteiger partial charge < -0.3 is 120 Å². The third kappa shape index (κ3) is 37.0. The molecule has 0 saturated carbocycles. The number of carbonyl (C=O) groups is 11. The summed E-state index contributed by atoms with van der Waals surface area (Å²) in [5, 5.41) is 114. The fourth-order valence-corrected chi connectivity index (χ4v) is 10.4. The second-order valence-corrected chi connectivity index (χ2v) is 22.3. The number of rotatable bonds is 41. The third-order valence-electron chi connectivity index (χ3n) is 15.1. The normalized spacial score (nSPS) is 15.9. The SMILES string of the molecule is O=C([O-])CC[C@H](NC(=O)N[C@@H](CCCCNC(=O)CCCCCCCCCCN1CCN(c2nc(Nc3ccc(CC4CN(CC(=O)[O-])CCN(CC(=O)[O-])CCN(CC(=O)[O-])CCN4CC(=O)[O-])cc3)nc(N(CC(=O)[O-])CC(=O)[O-])n2)CC1)C(=O)[O-])C(=O)[O-].[Lu+3].[Lu+3].[Lu+3]. The molecule has 3 amide bonds. The Kier molecular flexibility index (Phi) is 44.4. The Morgan fingerprint density at radius 2 is 0.979 bits per heavy atom. The maximum absolute atomic E-state index is 12.4. The number of amides is 3. The molecule has 2 fully saturated rings. The van der Waals surface area contributed by atoms with Gasteiger partial charge in [-0.05, 0) is 75.6 Å². The van der Waals surface area contributed by atoms with E-state index in [-0.39, 0.29) is 206 Å². The number of hydrogen-bond donors (Lipinski definition) is 4. The average molecular weight is 1810 g/mol. The molecule has 94 heavy (non-hydrogen) atoms. The molecule has 4 rings (SSSR count). The number of unbranched alkanes of at least 4 members (excludes halogenated alkanes) is 8. The number of urea groups is 1. The van der Waals surface area contributed by atoms with Crippen LogP contribution in [-0.2, 0) is 54.4 Å². The quantitative estimate of drug-likeness (QED) is 0.0449. The summed E-state index contributed by atoms with van der Waals surface area (Å²) in [6, 6.07) is 1.65. The molecule has 2 saturated heterocycles. The van der Waals surface area contributed by atoms with Crippen LogP contribution in [0.25, 0.3) is 0 Å². The van der Waals surface area contributed by atoms with Crippen molar-refractivity contribution in [2.45, 2.75) is 114 Å². The summed E-state index contributed by atoms with van der Waals surface area (Å²) in [7, 11) is 0. The van der Waals surface area contributed by atoms with Crippen molar-refractivity contribution < 1.29 is 209 Å². The van der Waals surface area contributed by atoms with E-state index in [0.29, 0.717) is 56.7 Å². The monoisotopic (exact) mass is 1800 g/mol. The summed E-state index contributed by atoms with van der Waals surface area (Å²) in [4.78, 5) is 153. The molecule has 0 spiro atoms. The minimum absolute atomic E-state index is 0. The molecular formula is C57H79Lu3N14O20. The van der Waals surface area contributed by atoms with E-state index in [9.17, 15) is 98.7 Å². The number of anilines is 4. The summed E-state index contributed by atoms with van der Waals surface area (Å²) >= 11 is 0. The van der Waals surface area contributed by atoms with Crippen LogP contribution in [0.4, 0.5) is 28.3 Å². The first kappa shape index (κ1) is 87.1. The molecule has 1 unspecified atom stereocenters. The molecule has 1 aromatic heterocycles. The molecule has 3 heterocycles. The Hall–Kier alpha value is -4.90. The van der Waals surface area contributed by atoms with E-state index >= 15 is 0 Å². The van der Waals surface area contributed by atoms with E-state index in [1.54, 1.807) is 29.2 Å². The number of aliphatic carboxylic acids is 9. The van der Waals surface area contributed by atoms with Crippen molar-refractivity contribution in [3.8, 4) is 0 Å². The maximum atomic E-state index is 12.4. The molecule has 3 atom stereocenters. The fraction of sp³-hybridized carbons (Fsp3) is 0.649. The van der Waals surface area contributed by atoms with Crippen LogP contribution in [0.2, 0.25) is 0 Å². The predicted molar refractivity (Wildman–Crippen MR) is 301 cm³/mol. The fourth-order valence-electron chi connectivity index (χ4n) is 10.4. The Bertz CT molecular complexity index is 2730. The summed E-state index contributed by atoms with van der Waals surface area (Å²) in [6.07, 6.45) is 7.33. The molecule has 4 N–H and O–H groups in total. The number of carboxylic acids is 9. The molecule has 0 radical (unpaired) electrons. The van der Waals surface area contributed by atoms with Crippen LogP contribution < -0.4 is 77.0 Å². The first-order valence-electron chi connectivity index (χ1n) is 30.2. The van der Waals surface area contributed by atoms with E-state index in [0.717, 1.165) is 56.4 Å². The maximum Gasteiger partial charge on any atom is 3.00 e. The number of carbonyl (C=O) groups excluding carboxylic acids is 11. The van der Waals surface area contributed by atoms with Crippen molar-refractivity contribution in [2.24, 2.45) is 0 Å². The first-order chi connectivity index (χ1) is 43.3. The second-order valence-electron chi connectivity index (χ2n) is 22.3. The van der Waals surface area contributed by atoms with Gasteiger partial charge >= 0.3 is 117 Å². The summed E-state index contributed by atoms with van der Waals surface area (Å²) in [5.41, 5.74) is 1.05. The molecule has 2 aromatic rings. The minimum atomic E-state index is -1.75. The van der Waals surface area contributed by atoms with Crippen LogP contribution in [0, 0.1) is 111 Å². The zero-order chi connectivity index (χ0) is 66.8. The third-order valence-corrected chi connectivity index (χ3v) is 15.1. The average Bonchev–Trinajstić information content (AvgIpc) is 0.833. The number of hydrogen-bond acceptors (Lipinski definition) is 31. The second kappa shape index (κ2) is 47.9. The van der Waals surface area contributed by atoms with Gasteiger partial charge in [-0.25, -0.2) is 4.79 Å². The Labute approximate surface area is 631 Å². The van der Waals surface area contributed by atoms with Gasteiger partial charge in [-0.3, -0.25) is 29.3 Å². The van der Waals surface area contributed by atoms with E-state index in [2.05, 4.69) is 35.8 Å². The van der Waals surface area contributed by atoms with Crippen molar-refractivity contribution >= 4 is 89.2 Å². The minimum Gasteiger partial charge on any atom is -0.550 e. The molecule has 34 nitrogen and oxygen atoms in total. The van der Waals surface area contributed by atoms with Gasteiger partial charge in [-0.2, -0.15) is 15.0 Å². The predicted octanol–water partition coefficient (Wildman–Crippen LogP) is -12.0. The first-order valence-corrected chi connectivity index (χ1v) is 30.2. The van der Waals surface area contributed by atoms with Gasteiger partial charge in [0.25, 0.3) is 0 Å². The molecule has 0 bridgehead atoms. The number of piperazine rings is 1. The Morgan fingerprint density at radius 3 is 1.50 bits per heavy atom. The molecule has 542 valence electrons. The number of carboxylic acid groups (broad SMARTS) is 9. The van der Waals surface area contributed by atoms with Crippen molar-refractivity contribution in [2.75, 3.05) is 139 Å². The van der Waals surface area contributed by atoms with E-state index in [1.807, 2.05) is 10.2 Å². The van der Waals surface area contributed by atoms with Gasteiger partial charge in [-0.1, -0.05) is 50.7 Å². The van der Waals surface area contributed by atoms with Crippen molar-refractivity contribution in [3.05, 3.63) is 29.8 Å². The van der Waals surface area contributed by atoms with Crippen LogP contribution in [0.5, 0.6) is 0 Å². The number of nitrogens with zero attached hydrogens (tertiary/aromatic N) is 10. The van der Waals surface area contributed by atoms with E-state index < -0.39 is 130 Å². The van der Waals surface area contributed by atoms with Crippen LogP contribution in [0.15, 0.2) is 24.3 Å². The molecular weight excluding hydrogens is 1730 g/mol. The van der Waals surface area contributed by atoms with Crippen molar-refractivity contribution in [1.82, 2.24) is 55.4 Å². The molecule has 1 aromatic carbocycles. The van der Waals surface area contributed by atoms with E-state index in [4.69, 9.17) is 0 Å². The summed E-state index contributed by atoms with van der Waals surface area (Å²) in [6.45, 7) is -0.581. The Balaban J connectivity index is 0.0000147. The van der Waals surface area contributed by atoms with Crippen LogP contribution in [0.3, 0.4) is 0 Å². The van der Waals surface area contributed by atoms with Gasteiger partial charge in [-0.15, -0.1) is 0 Å². The largest absolute Gasteiger partial charge is 3.00 e. The van der Waals surface area contributed by atoms with E-state index in [1.165, 1.54) is 14.7 Å². The van der Waals surface area contributed by atoms with Crippen molar-refractivity contribution in [1.29, 1.82) is 0 Å². The summed E-state index contributed by atoms with van der Waals surface area (Å²) < 4.78 is 0. The van der Waals surface area contributed by atoms with Gasteiger partial charge in [0, 0.05) is 129 Å². The molecule has 37 heteroatoms. The number of nitrogens with one attached hydrogen (secondary N) is 4. The number of benzene rings is 1. The van der Waals surface area contributed by atoms with Crippen LogP contribution >= 0.6 is 0 Å². The van der Waals surface area contributed by atoms with Gasteiger partial charge in [0.05, 0.1) is 72.9 Å². The standard InChI is InChI=1S/C57H88N14O20.3Lu/c72-44(58-19-9-8-11-42(52(87)88)60-57(91)61-43(53(89)90)17-18-45(73)74)12-7-5-3-1-2-4-6-10-20-65-25-28-69(29-26-65)55-62-54(63-56(64-55)71(37-50(83)84)38-51(85)86)59-40-15-13-39(14-16-40)31-41-32-68(35-48(79)80)24-23-66(33-46(75)76)21-22-67(34-47(77)78)27-30-70(41)36-49(81)82;;;/h13-16,41-43H,1-12,17-38H2,(H,58,72)(H,73,74)(H,75,76)(H,77,78)(H,79,80)(H,81,82)(H,83,84)(H,85,86)(H,87,88)(H,89,90)(H2,60,61,91)(H,59,62,63,64);;;/q;3*+3/p-9/t41?,42-,43-;;;/m0.../s1. The molecule has 2 aliphatic rings. The van der Waals surface area contributed by atoms with Crippen LogP contribution in [0.1, 0.15) is 95.5 Å². The summed E-state index contributed by atoms with van der Waals surface area (Å²) in [5.74, 6) is -14.2. The van der Waals surface area contributed by atoms with Gasteiger partial charge in [0.2, 0.25) is 23.8 Å². The molecule has 2 aliphatic heterocycles. The van der Waals surface area contributed by atoms with Crippen molar-refractivity contribution in [3.63, 3.8) is 0 Å². The van der Waals surface area contributed by atoms with Crippen LogP contribution in [-0.4, -0.2) is 248 Å². The smallest absolute Gasteiger partial charge is 0.550 e. The zero-order valence-corrected chi connectivity index (χ0v) is 56.5. The zero-order valence-electron chi connectivity index (χ0n) is 51.5. The van der Waals surface area contributed by atoms with Gasteiger partial charge in [0.15, 0.2) is 0 Å².